The fraction of sp³-hybridized carbons (Fsp3) is 0.364. The van der Waals surface area contributed by atoms with Crippen LogP contribution >= 0.6 is 27.3 Å². The van der Waals surface area contributed by atoms with E-state index in [1.807, 2.05) is 49.4 Å². The number of amides is 1. The van der Waals surface area contributed by atoms with E-state index in [1.54, 1.807) is 4.90 Å². The highest BCUT2D eigenvalue weighted by Gasteiger charge is 2.23. The van der Waals surface area contributed by atoms with Crippen LogP contribution in [0.15, 0.2) is 46.9 Å². The smallest absolute Gasteiger partial charge is 0.260 e. The predicted octanol–water partition coefficient (Wildman–Crippen LogP) is 4.44. The predicted molar refractivity (Wildman–Crippen MR) is 124 cm³/mol. The monoisotopic (exact) mass is 489 g/mol. The second-order valence-corrected chi connectivity index (χ2v) is 8.90. The van der Waals surface area contributed by atoms with Crippen molar-refractivity contribution in [3.63, 3.8) is 0 Å². The van der Waals surface area contributed by atoms with Gasteiger partial charge in [0.1, 0.15) is 5.75 Å². The number of hydrogen-bond acceptors (Lipinski definition) is 6. The summed E-state index contributed by atoms with van der Waals surface area (Å²) < 4.78 is 13.0. The highest BCUT2D eigenvalue weighted by molar-refractivity contribution is 9.10. The van der Waals surface area contributed by atoms with Crippen LogP contribution in [0, 0.1) is 0 Å². The maximum absolute atomic E-state index is 13.4. The Balaban J connectivity index is 1.60. The fourth-order valence-electron chi connectivity index (χ4n) is 3.37. The van der Waals surface area contributed by atoms with Gasteiger partial charge in [-0.05, 0) is 49.4 Å². The Labute approximate surface area is 188 Å². The number of thiazole rings is 1. The zero-order chi connectivity index (χ0) is 20.9. The Hall–Kier alpha value is -2.00. The summed E-state index contributed by atoms with van der Waals surface area (Å²) >= 11 is 5.05. The highest BCUT2D eigenvalue weighted by atomic mass is 79.9. The van der Waals surface area contributed by atoms with Crippen molar-refractivity contribution in [2.24, 2.45) is 0 Å². The largest absolute Gasteiger partial charge is 0.494 e. The van der Waals surface area contributed by atoms with Crippen LogP contribution in [0.4, 0.5) is 5.13 Å². The topological polar surface area (TPSA) is 54.9 Å². The van der Waals surface area contributed by atoms with Gasteiger partial charge in [-0.25, -0.2) is 4.98 Å². The lowest BCUT2D eigenvalue weighted by Crippen LogP contribution is -2.43. The van der Waals surface area contributed by atoms with Gasteiger partial charge in [0, 0.05) is 36.2 Å². The molecule has 0 saturated carbocycles. The number of rotatable bonds is 7. The van der Waals surface area contributed by atoms with Gasteiger partial charge in [0.2, 0.25) is 0 Å². The van der Waals surface area contributed by atoms with Gasteiger partial charge in [-0.3, -0.25) is 14.6 Å². The van der Waals surface area contributed by atoms with Crippen molar-refractivity contribution in [3.05, 3.63) is 52.5 Å². The van der Waals surface area contributed by atoms with Gasteiger partial charge in [-0.15, -0.1) is 0 Å². The van der Waals surface area contributed by atoms with Crippen LogP contribution in [0.5, 0.6) is 5.75 Å². The molecule has 6 nitrogen and oxygen atoms in total. The number of halogens is 1. The fourth-order valence-corrected chi connectivity index (χ4v) is 4.91. The number of benzene rings is 2. The summed E-state index contributed by atoms with van der Waals surface area (Å²) in [4.78, 5) is 22.3. The first-order valence-electron chi connectivity index (χ1n) is 10.0. The van der Waals surface area contributed by atoms with E-state index in [0.29, 0.717) is 18.7 Å². The zero-order valence-electron chi connectivity index (χ0n) is 16.8. The van der Waals surface area contributed by atoms with E-state index in [4.69, 9.17) is 14.5 Å². The third-order valence-corrected chi connectivity index (χ3v) is 6.51. The molecule has 1 aromatic heterocycles. The molecular weight excluding hydrogens is 466 g/mol. The summed E-state index contributed by atoms with van der Waals surface area (Å²) in [6.45, 7) is 7.15. The molecule has 158 valence electrons. The minimum Gasteiger partial charge on any atom is -0.494 e. The molecule has 0 bridgehead atoms. The van der Waals surface area contributed by atoms with Gasteiger partial charge in [0.25, 0.3) is 5.91 Å². The molecule has 2 heterocycles. The Morgan fingerprint density at radius 2 is 2.00 bits per heavy atom. The normalized spacial score (nSPS) is 14.7. The summed E-state index contributed by atoms with van der Waals surface area (Å²) in [6.07, 6.45) is 0. The number of carbonyl (C=O) groups excluding carboxylic acids is 1. The number of morpholine rings is 1. The average Bonchev–Trinajstić information content (AvgIpc) is 3.18. The zero-order valence-corrected chi connectivity index (χ0v) is 19.2. The minimum absolute atomic E-state index is 0.0515. The van der Waals surface area contributed by atoms with Gasteiger partial charge in [0.15, 0.2) is 5.13 Å². The maximum Gasteiger partial charge on any atom is 0.260 e. The molecular formula is C22H24BrN3O3S. The number of carbonyl (C=O) groups is 1. The molecule has 1 aliphatic heterocycles. The second-order valence-electron chi connectivity index (χ2n) is 6.98. The van der Waals surface area contributed by atoms with E-state index in [9.17, 15) is 4.79 Å². The molecule has 0 N–H and O–H groups in total. The second kappa shape index (κ2) is 9.87. The number of aromatic nitrogens is 1. The Morgan fingerprint density at radius 3 is 2.73 bits per heavy atom. The molecule has 0 radical (unpaired) electrons. The molecule has 0 aliphatic carbocycles. The van der Waals surface area contributed by atoms with Crippen LogP contribution in [-0.2, 0) is 4.74 Å². The van der Waals surface area contributed by atoms with Gasteiger partial charge < -0.3 is 9.47 Å². The Morgan fingerprint density at radius 1 is 1.23 bits per heavy atom. The van der Waals surface area contributed by atoms with Crippen molar-refractivity contribution >= 4 is 48.5 Å². The van der Waals surface area contributed by atoms with Crippen LogP contribution in [0.1, 0.15) is 17.3 Å². The number of hydrogen-bond donors (Lipinski definition) is 0. The Bertz CT molecular complexity index is 1000. The molecule has 4 rings (SSSR count). The van der Waals surface area contributed by atoms with Crippen molar-refractivity contribution in [2.45, 2.75) is 6.92 Å². The van der Waals surface area contributed by atoms with Crippen LogP contribution < -0.4 is 9.64 Å². The van der Waals surface area contributed by atoms with Crippen molar-refractivity contribution in [2.75, 3.05) is 50.9 Å². The lowest BCUT2D eigenvalue weighted by atomic mass is 10.2. The molecule has 1 saturated heterocycles. The molecule has 1 aliphatic rings. The number of ether oxygens (including phenoxy) is 2. The molecule has 2 aromatic carbocycles. The first-order valence-corrected chi connectivity index (χ1v) is 11.7. The molecule has 0 spiro atoms. The number of anilines is 1. The quantitative estimate of drug-likeness (QED) is 0.491. The third-order valence-electron chi connectivity index (χ3n) is 4.97. The minimum atomic E-state index is -0.0515. The van der Waals surface area contributed by atoms with Gasteiger partial charge in [0.05, 0.1) is 30.0 Å². The van der Waals surface area contributed by atoms with Crippen molar-refractivity contribution < 1.29 is 14.3 Å². The van der Waals surface area contributed by atoms with Crippen molar-refractivity contribution in [3.8, 4) is 5.75 Å². The molecule has 30 heavy (non-hydrogen) atoms. The molecule has 8 heteroatoms. The Kier molecular flexibility index (Phi) is 6.99. The maximum atomic E-state index is 13.4. The third kappa shape index (κ3) is 5.00. The molecule has 1 fully saturated rings. The number of nitrogens with zero attached hydrogens (tertiary/aromatic N) is 3. The summed E-state index contributed by atoms with van der Waals surface area (Å²) in [5.74, 6) is 0.711. The van der Waals surface area contributed by atoms with Crippen LogP contribution in [0.2, 0.25) is 0 Å². The van der Waals surface area contributed by atoms with E-state index < -0.39 is 0 Å². The first kappa shape index (κ1) is 21.2. The summed E-state index contributed by atoms with van der Waals surface area (Å²) in [5, 5.41) is 0.718. The van der Waals surface area contributed by atoms with Crippen LogP contribution in [0.3, 0.4) is 0 Å². The van der Waals surface area contributed by atoms with Crippen molar-refractivity contribution in [1.82, 2.24) is 9.88 Å². The lowest BCUT2D eigenvalue weighted by Gasteiger charge is -2.29. The highest BCUT2D eigenvalue weighted by Crippen LogP contribution is 2.31. The summed E-state index contributed by atoms with van der Waals surface area (Å²) in [7, 11) is 0. The van der Waals surface area contributed by atoms with E-state index in [-0.39, 0.29) is 5.91 Å². The van der Waals surface area contributed by atoms with Crippen molar-refractivity contribution in [1.29, 1.82) is 0 Å². The van der Waals surface area contributed by atoms with E-state index in [1.165, 1.54) is 11.3 Å². The molecule has 1 amide bonds. The van der Waals surface area contributed by atoms with E-state index in [0.717, 1.165) is 58.4 Å². The number of fused-ring (bicyclic) bond motifs is 1. The SMILES string of the molecule is CCOc1ccc(C(=O)N(CCN2CCOCC2)c2nc3ccc(Br)cc3s2)cc1. The average molecular weight is 490 g/mol. The lowest BCUT2D eigenvalue weighted by molar-refractivity contribution is 0.0391. The standard InChI is InChI=1S/C22H24BrN3O3S/c1-2-29-18-6-3-16(4-7-18)21(27)26(10-9-25-11-13-28-14-12-25)22-24-19-8-5-17(23)15-20(19)30-22/h3-8,15H,2,9-14H2,1H3. The van der Waals surface area contributed by atoms with Gasteiger partial charge >= 0.3 is 0 Å². The summed E-state index contributed by atoms with van der Waals surface area (Å²) in [6, 6.07) is 13.3. The molecule has 0 unspecified atom stereocenters. The molecule has 0 atom stereocenters. The van der Waals surface area contributed by atoms with E-state index >= 15 is 0 Å². The molecule has 3 aromatic rings. The van der Waals surface area contributed by atoms with Gasteiger partial charge in [-0.2, -0.15) is 0 Å². The first-order chi connectivity index (χ1) is 14.6. The van der Waals surface area contributed by atoms with Gasteiger partial charge in [-0.1, -0.05) is 27.3 Å². The van der Waals surface area contributed by atoms with Crippen LogP contribution in [-0.4, -0.2) is 61.8 Å². The van der Waals surface area contributed by atoms with E-state index in [2.05, 4.69) is 20.8 Å². The summed E-state index contributed by atoms with van der Waals surface area (Å²) in [5.41, 5.74) is 1.52. The van der Waals surface area contributed by atoms with Crippen LogP contribution in [0.25, 0.3) is 10.2 Å².